The average molecular weight is 397 g/mol. The van der Waals surface area contributed by atoms with Crippen LogP contribution in [-0.2, 0) is 11.2 Å². The van der Waals surface area contributed by atoms with Gasteiger partial charge in [-0.05, 0) is 32.1 Å². The standard InChI is InChI=1S/C21H27N5O3/c27-17-4-7-21(11-25(17)9-5-16-10-22-13-23-16)6-1-8-26(12-21)20(28)18-19(15-2-3-15)29-14-24-18/h10,13-15H,1-9,11-12H2,(H,22,23). The summed E-state index contributed by atoms with van der Waals surface area (Å²) in [6, 6.07) is 0. The molecule has 2 aromatic heterocycles. The molecule has 3 fully saturated rings. The number of oxazole rings is 1. The third kappa shape index (κ3) is 3.68. The molecule has 5 rings (SSSR count). The van der Waals surface area contributed by atoms with E-state index in [4.69, 9.17) is 4.42 Å². The zero-order chi connectivity index (χ0) is 19.8. The lowest BCUT2D eigenvalue weighted by atomic mass is 9.73. The highest BCUT2D eigenvalue weighted by atomic mass is 16.3. The molecule has 0 radical (unpaired) electrons. The number of nitrogens with one attached hydrogen (secondary N) is 1. The van der Waals surface area contributed by atoms with Gasteiger partial charge in [0.15, 0.2) is 12.1 Å². The first-order valence-corrected chi connectivity index (χ1v) is 10.6. The molecule has 0 aromatic carbocycles. The summed E-state index contributed by atoms with van der Waals surface area (Å²) < 4.78 is 5.52. The SMILES string of the molecule is O=C1CCC2(CCCN(C(=O)c3ncoc3C3CC3)C2)CN1CCc1cnc[nH]1. The Morgan fingerprint density at radius 2 is 2.21 bits per heavy atom. The molecular weight excluding hydrogens is 370 g/mol. The van der Waals surface area contributed by atoms with Crippen molar-refractivity contribution in [3.05, 3.63) is 36.1 Å². The van der Waals surface area contributed by atoms with E-state index in [0.717, 1.165) is 63.1 Å². The van der Waals surface area contributed by atoms with E-state index in [1.807, 2.05) is 9.80 Å². The minimum absolute atomic E-state index is 0.0133. The number of rotatable bonds is 5. The van der Waals surface area contributed by atoms with Crippen LogP contribution in [0.15, 0.2) is 23.3 Å². The predicted molar refractivity (Wildman–Crippen MR) is 104 cm³/mol. The van der Waals surface area contributed by atoms with Crippen molar-refractivity contribution in [1.29, 1.82) is 0 Å². The number of piperidine rings is 2. The number of hydrogen-bond donors (Lipinski definition) is 1. The molecule has 8 nitrogen and oxygen atoms in total. The lowest BCUT2D eigenvalue weighted by molar-refractivity contribution is -0.138. The van der Waals surface area contributed by atoms with Crippen LogP contribution in [0.5, 0.6) is 0 Å². The Morgan fingerprint density at radius 3 is 3.00 bits per heavy atom. The fourth-order valence-corrected chi connectivity index (χ4v) is 4.90. The fourth-order valence-electron chi connectivity index (χ4n) is 4.90. The van der Waals surface area contributed by atoms with Gasteiger partial charge in [-0.1, -0.05) is 0 Å². The minimum atomic E-state index is -0.0146. The Bertz CT molecular complexity index is 888. The number of hydrogen-bond acceptors (Lipinski definition) is 5. The molecule has 29 heavy (non-hydrogen) atoms. The highest BCUT2D eigenvalue weighted by molar-refractivity contribution is 5.93. The highest BCUT2D eigenvalue weighted by Gasteiger charge is 2.44. The van der Waals surface area contributed by atoms with E-state index < -0.39 is 0 Å². The van der Waals surface area contributed by atoms with Crippen LogP contribution >= 0.6 is 0 Å². The Balaban J connectivity index is 1.27. The van der Waals surface area contributed by atoms with Gasteiger partial charge in [0.05, 0.1) is 6.33 Å². The molecule has 4 heterocycles. The van der Waals surface area contributed by atoms with E-state index in [1.165, 1.54) is 6.39 Å². The molecule has 154 valence electrons. The third-order valence-electron chi connectivity index (χ3n) is 6.65. The summed E-state index contributed by atoms with van der Waals surface area (Å²) in [5.41, 5.74) is 1.52. The number of aromatic nitrogens is 3. The number of aromatic amines is 1. The van der Waals surface area contributed by atoms with Gasteiger partial charge in [0.2, 0.25) is 5.91 Å². The van der Waals surface area contributed by atoms with Crippen molar-refractivity contribution in [2.24, 2.45) is 5.41 Å². The van der Waals surface area contributed by atoms with Gasteiger partial charge < -0.3 is 19.2 Å². The van der Waals surface area contributed by atoms with E-state index in [0.29, 0.717) is 31.1 Å². The minimum Gasteiger partial charge on any atom is -0.447 e. The Hall–Kier alpha value is -2.64. The quantitative estimate of drug-likeness (QED) is 0.836. The number of H-pyrrole nitrogens is 1. The van der Waals surface area contributed by atoms with Crippen molar-refractivity contribution in [3.8, 4) is 0 Å². The lowest BCUT2D eigenvalue weighted by Gasteiger charge is -2.48. The maximum absolute atomic E-state index is 13.2. The first-order valence-electron chi connectivity index (χ1n) is 10.6. The molecule has 2 aliphatic heterocycles. The predicted octanol–water partition coefficient (Wildman–Crippen LogP) is 2.36. The molecule has 2 aromatic rings. The number of likely N-dealkylation sites (tertiary alicyclic amines) is 2. The van der Waals surface area contributed by atoms with E-state index in [2.05, 4.69) is 15.0 Å². The van der Waals surface area contributed by atoms with Crippen LogP contribution < -0.4 is 0 Å². The number of nitrogens with zero attached hydrogens (tertiary/aromatic N) is 4. The van der Waals surface area contributed by atoms with Crippen molar-refractivity contribution in [2.75, 3.05) is 26.2 Å². The summed E-state index contributed by atoms with van der Waals surface area (Å²) in [7, 11) is 0. The molecule has 8 heteroatoms. The fraction of sp³-hybridized carbons (Fsp3) is 0.619. The zero-order valence-electron chi connectivity index (χ0n) is 16.6. The summed E-state index contributed by atoms with van der Waals surface area (Å²) in [5.74, 6) is 1.32. The second-order valence-electron chi connectivity index (χ2n) is 8.81. The van der Waals surface area contributed by atoms with Crippen LogP contribution in [0.1, 0.15) is 66.4 Å². The normalized spacial score (nSPS) is 25.0. The molecule has 1 saturated carbocycles. The van der Waals surface area contributed by atoms with Gasteiger partial charge in [-0.3, -0.25) is 9.59 Å². The second-order valence-corrected chi connectivity index (χ2v) is 8.81. The van der Waals surface area contributed by atoms with Gasteiger partial charge in [0, 0.05) is 62.2 Å². The number of imidazole rings is 1. The van der Waals surface area contributed by atoms with Gasteiger partial charge in [-0.25, -0.2) is 9.97 Å². The van der Waals surface area contributed by atoms with Gasteiger partial charge in [-0.15, -0.1) is 0 Å². The van der Waals surface area contributed by atoms with E-state index in [9.17, 15) is 9.59 Å². The van der Waals surface area contributed by atoms with Crippen molar-refractivity contribution >= 4 is 11.8 Å². The van der Waals surface area contributed by atoms with Crippen molar-refractivity contribution in [3.63, 3.8) is 0 Å². The van der Waals surface area contributed by atoms with Crippen LogP contribution in [-0.4, -0.2) is 62.7 Å². The van der Waals surface area contributed by atoms with Gasteiger partial charge in [0.1, 0.15) is 5.76 Å². The molecule has 2 amide bonds. The highest BCUT2D eigenvalue weighted by Crippen LogP contribution is 2.43. The van der Waals surface area contributed by atoms with Crippen molar-refractivity contribution < 1.29 is 14.0 Å². The molecule has 0 bridgehead atoms. The molecular formula is C21H27N5O3. The smallest absolute Gasteiger partial charge is 0.276 e. The topological polar surface area (TPSA) is 95.3 Å². The van der Waals surface area contributed by atoms with Crippen molar-refractivity contribution in [2.45, 2.75) is 50.9 Å². The number of carbonyl (C=O) groups is 2. The summed E-state index contributed by atoms with van der Waals surface area (Å²) in [5, 5.41) is 0. The Kier molecular flexibility index (Phi) is 4.64. The number of amides is 2. The molecule has 1 N–H and O–H groups in total. The summed E-state index contributed by atoms with van der Waals surface area (Å²) in [6.07, 6.45) is 11.2. The van der Waals surface area contributed by atoms with Gasteiger partial charge >= 0.3 is 0 Å². The molecule has 2 saturated heterocycles. The monoisotopic (exact) mass is 397 g/mol. The van der Waals surface area contributed by atoms with Crippen LogP contribution in [0, 0.1) is 5.41 Å². The van der Waals surface area contributed by atoms with Crippen LogP contribution in [0.3, 0.4) is 0 Å². The van der Waals surface area contributed by atoms with Crippen molar-refractivity contribution in [1.82, 2.24) is 24.8 Å². The van der Waals surface area contributed by atoms with E-state index >= 15 is 0 Å². The van der Waals surface area contributed by atoms with Gasteiger partial charge in [-0.2, -0.15) is 0 Å². The molecule has 1 unspecified atom stereocenters. The Labute approximate surface area is 169 Å². The van der Waals surface area contributed by atoms with Crippen LogP contribution in [0.25, 0.3) is 0 Å². The third-order valence-corrected chi connectivity index (χ3v) is 6.65. The number of carbonyl (C=O) groups excluding carboxylic acids is 2. The Morgan fingerprint density at radius 1 is 1.31 bits per heavy atom. The maximum atomic E-state index is 13.2. The summed E-state index contributed by atoms with van der Waals surface area (Å²) in [6.45, 7) is 2.85. The first kappa shape index (κ1) is 18.4. The second kappa shape index (κ2) is 7.31. The lowest BCUT2D eigenvalue weighted by Crippen LogP contribution is -2.55. The first-order chi connectivity index (χ1) is 14.1. The zero-order valence-corrected chi connectivity index (χ0v) is 16.6. The van der Waals surface area contributed by atoms with E-state index in [-0.39, 0.29) is 17.2 Å². The largest absolute Gasteiger partial charge is 0.447 e. The molecule has 1 atom stereocenters. The molecule has 3 aliphatic rings. The maximum Gasteiger partial charge on any atom is 0.276 e. The average Bonchev–Trinajstić information content (AvgIpc) is 3.23. The summed E-state index contributed by atoms with van der Waals surface area (Å²) in [4.78, 5) is 41.0. The summed E-state index contributed by atoms with van der Waals surface area (Å²) >= 11 is 0. The van der Waals surface area contributed by atoms with Crippen LogP contribution in [0.4, 0.5) is 0 Å². The van der Waals surface area contributed by atoms with Gasteiger partial charge in [0.25, 0.3) is 5.91 Å². The molecule has 1 aliphatic carbocycles. The van der Waals surface area contributed by atoms with Crippen LogP contribution in [0.2, 0.25) is 0 Å². The molecule has 1 spiro atoms. The van der Waals surface area contributed by atoms with E-state index in [1.54, 1.807) is 12.5 Å².